The number of aliphatic hydroxyl groups is 2. The van der Waals surface area contributed by atoms with Crippen LogP contribution >= 0.6 is 11.3 Å². The molecule has 0 saturated carbocycles. The van der Waals surface area contributed by atoms with E-state index >= 15 is 0 Å². The zero-order valence-electron chi connectivity index (χ0n) is 21.2. The first-order chi connectivity index (χ1) is 18.0. The quantitative estimate of drug-likeness (QED) is 0.294. The third-order valence-corrected chi connectivity index (χ3v) is 7.10. The minimum atomic E-state index is -1.81. The second-order valence-electron chi connectivity index (χ2n) is 8.62. The van der Waals surface area contributed by atoms with Crippen LogP contribution in [0.2, 0.25) is 0 Å². The molecule has 0 atom stereocenters. The number of aromatic nitrogens is 5. The molecule has 0 unspecified atom stereocenters. The molecule has 3 aromatic heterocycles. The number of rotatable bonds is 8. The van der Waals surface area contributed by atoms with Crippen molar-refractivity contribution in [2.75, 3.05) is 20.3 Å². The largest absolute Gasteiger partial charge is 0.496 e. The Morgan fingerprint density at radius 2 is 1.79 bits per heavy atom. The molecule has 14 heteroatoms. The number of benzene rings is 1. The van der Waals surface area contributed by atoms with Crippen molar-refractivity contribution < 1.29 is 29.2 Å². The summed E-state index contributed by atoms with van der Waals surface area (Å²) in [4.78, 5) is 40.6. The number of methoxy groups -OCH3 is 1. The van der Waals surface area contributed by atoms with Gasteiger partial charge in [0.2, 0.25) is 0 Å². The highest BCUT2D eigenvalue weighted by atomic mass is 32.1. The van der Waals surface area contributed by atoms with E-state index in [0.717, 1.165) is 15.9 Å². The predicted octanol–water partition coefficient (Wildman–Crippen LogP) is 1.29. The summed E-state index contributed by atoms with van der Waals surface area (Å²) in [6, 6.07) is 4.08. The molecule has 0 fully saturated rings. The molecule has 0 aliphatic carbocycles. The van der Waals surface area contributed by atoms with Crippen molar-refractivity contribution in [3.05, 3.63) is 68.4 Å². The van der Waals surface area contributed by atoms with E-state index in [2.05, 4.69) is 10.2 Å². The van der Waals surface area contributed by atoms with Crippen LogP contribution in [-0.2, 0) is 23.3 Å². The van der Waals surface area contributed by atoms with Crippen molar-refractivity contribution >= 4 is 27.5 Å². The standard InChI is InChI=1S/C22H22FN5O5S.C2H6O2/c1-12-16-17(29)27(22(2,3)20(30)31)21(32)26(19(16)34-18(12)28-24-8-9-25-28)10-7-13-11-14(23)5-6-15(13)33-4;3-1-2-4/h5-6,8-9,11H,7,10H2,1-4H3,(H,30,31);3-4H,1-2H2. The van der Waals surface area contributed by atoms with E-state index in [4.69, 9.17) is 14.9 Å². The van der Waals surface area contributed by atoms with E-state index in [0.29, 0.717) is 26.7 Å². The zero-order chi connectivity index (χ0) is 28.2. The molecule has 0 aliphatic heterocycles. The highest BCUT2D eigenvalue weighted by Crippen LogP contribution is 2.31. The summed E-state index contributed by atoms with van der Waals surface area (Å²) in [6.07, 6.45) is 3.17. The molecule has 0 spiro atoms. The van der Waals surface area contributed by atoms with E-state index in [-0.39, 0.29) is 31.6 Å². The monoisotopic (exact) mass is 549 g/mol. The second-order valence-corrected chi connectivity index (χ2v) is 9.60. The Morgan fingerprint density at radius 3 is 2.34 bits per heavy atom. The summed E-state index contributed by atoms with van der Waals surface area (Å²) in [5.74, 6) is -1.33. The number of hydrogen-bond acceptors (Lipinski definition) is 9. The Morgan fingerprint density at radius 1 is 1.16 bits per heavy atom. The normalized spacial score (nSPS) is 11.3. The number of ether oxygens (including phenoxy) is 1. The van der Waals surface area contributed by atoms with Gasteiger partial charge in [0.1, 0.15) is 26.9 Å². The Kier molecular flexibility index (Phi) is 8.81. The fraction of sp³-hybridized carbons (Fsp3) is 0.375. The van der Waals surface area contributed by atoms with Crippen molar-refractivity contribution in [1.29, 1.82) is 0 Å². The highest BCUT2D eigenvalue weighted by molar-refractivity contribution is 7.21. The van der Waals surface area contributed by atoms with Crippen LogP contribution in [0.3, 0.4) is 0 Å². The van der Waals surface area contributed by atoms with Gasteiger partial charge in [0, 0.05) is 12.1 Å². The number of aryl methyl sites for hydroxylation is 3. The second kappa shape index (κ2) is 11.7. The number of halogens is 1. The third kappa shape index (κ3) is 5.37. The van der Waals surface area contributed by atoms with Crippen LogP contribution in [0.5, 0.6) is 5.75 Å². The van der Waals surface area contributed by atoms with Crippen LogP contribution in [0, 0.1) is 12.7 Å². The van der Waals surface area contributed by atoms with Gasteiger partial charge in [-0.1, -0.05) is 11.3 Å². The summed E-state index contributed by atoms with van der Waals surface area (Å²) < 4.78 is 21.3. The number of carboxylic acid groups (broad SMARTS) is 1. The molecule has 3 N–H and O–H groups in total. The summed E-state index contributed by atoms with van der Waals surface area (Å²) in [5, 5.41) is 34.0. The van der Waals surface area contributed by atoms with Gasteiger partial charge in [0.15, 0.2) is 0 Å². The number of carboxylic acids is 1. The summed E-state index contributed by atoms with van der Waals surface area (Å²) in [5.41, 5.74) is -2.24. The zero-order valence-corrected chi connectivity index (χ0v) is 22.0. The Bertz CT molecular complexity index is 1560. The van der Waals surface area contributed by atoms with Crippen molar-refractivity contribution in [2.45, 2.75) is 39.3 Å². The lowest BCUT2D eigenvalue weighted by Gasteiger charge is -2.23. The SMILES string of the molecule is COc1ccc(F)cc1CCn1c(=O)n(C(C)(C)C(=O)O)c(=O)c2c(C)c(-n3nccn3)sc21.OCCO. The third-order valence-electron chi connectivity index (χ3n) is 5.82. The van der Waals surface area contributed by atoms with Crippen molar-refractivity contribution in [3.63, 3.8) is 0 Å². The van der Waals surface area contributed by atoms with Gasteiger partial charge >= 0.3 is 11.7 Å². The number of thiophene rings is 1. The first-order valence-corrected chi connectivity index (χ1v) is 12.2. The van der Waals surface area contributed by atoms with E-state index in [1.165, 1.54) is 60.9 Å². The summed E-state index contributed by atoms with van der Waals surface area (Å²) in [7, 11) is 1.46. The lowest BCUT2D eigenvalue weighted by molar-refractivity contribution is -0.146. The van der Waals surface area contributed by atoms with Gasteiger partial charge < -0.3 is 20.1 Å². The van der Waals surface area contributed by atoms with Crippen molar-refractivity contribution in [2.24, 2.45) is 0 Å². The molecule has 0 radical (unpaired) electrons. The van der Waals surface area contributed by atoms with Gasteiger partial charge in [-0.15, -0.1) is 4.80 Å². The number of hydrogen-bond donors (Lipinski definition) is 3. The first kappa shape index (κ1) is 28.7. The van der Waals surface area contributed by atoms with Gasteiger partial charge in [0.25, 0.3) is 5.56 Å². The first-order valence-electron chi connectivity index (χ1n) is 11.4. The Labute approximate surface area is 219 Å². The van der Waals surface area contributed by atoms with E-state index < -0.39 is 28.6 Å². The average Bonchev–Trinajstić information content (AvgIpc) is 3.52. The maximum Gasteiger partial charge on any atom is 0.333 e. The van der Waals surface area contributed by atoms with Crippen LogP contribution in [-0.4, -0.2) is 65.7 Å². The Hall–Kier alpha value is -3.88. The number of aliphatic carboxylic acids is 1. The number of fused-ring (bicyclic) bond motifs is 1. The molecular formula is C24H28FN5O7S. The van der Waals surface area contributed by atoms with Crippen molar-refractivity contribution in [1.82, 2.24) is 24.1 Å². The molecular weight excluding hydrogens is 521 g/mol. The van der Waals surface area contributed by atoms with Crippen LogP contribution < -0.4 is 16.0 Å². The molecule has 0 bridgehead atoms. The molecule has 3 heterocycles. The maximum atomic E-state index is 13.9. The van der Waals surface area contributed by atoms with Crippen LogP contribution in [0.15, 0.2) is 40.2 Å². The summed E-state index contributed by atoms with van der Waals surface area (Å²) in [6.45, 7) is 4.08. The maximum absolute atomic E-state index is 13.9. The molecule has 4 aromatic rings. The molecule has 4 rings (SSSR count). The van der Waals surface area contributed by atoms with Gasteiger partial charge in [-0.2, -0.15) is 10.2 Å². The van der Waals surface area contributed by atoms with Crippen molar-refractivity contribution in [3.8, 4) is 10.8 Å². The predicted molar refractivity (Wildman–Crippen MR) is 138 cm³/mol. The van der Waals surface area contributed by atoms with Gasteiger partial charge in [-0.25, -0.2) is 18.5 Å². The molecule has 0 saturated heterocycles. The summed E-state index contributed by atoms with van der Waals surface area (Å²) >= 11 is 1.15. The topological polar surface area (TPSA) is 162 Å². The average molecular weight is 550 g/mol. The molecule has 0 aliphatic rings. The number of nitrogens with zero attached hydrogens (tertiary/aromatic N) is 5. The van der Waals surface area contributed by atoms with Crippen LogP contribution in [0.1, 0.15) is 25.0 Å². The minimum Gasteiger partial charge on any atom is -0.496 e. The van der Waals surface area contributed by atoms with E-state index in [9.17, 15) is 23.9 Å². The molecule has 12 nitrogen and oxygen atoms in total. The van der Waals surface area contributed by atoms with Crippen LogP contribution in [0.25, 0.3) is 15.2 Å². The molecule has 0 amide bonds. The van der Waals surface area contributed by atoms with Gasteiger partial charge in [0.05, 0.1) is 38.1 Å². The van der Waals surface area contributed by atoms with Crippen LogP contribution in [0.4, 0.5) is 4.39 Å². The van der Waals surface area contributed by atoms with E-state index in [1.807, 2.05) is 0 Å². The van der Waals surface area contributed by atoms with Gasteiger partial charge in [-0.05, 0) is 51.0 Å². The minimum absolute atomic E-state index is 0.0526. The number of carbonyl (C=O) groups is 1. The smallest absolute Gasteiger partial charge is 0.333 e. The highest BCUT2D eigenvalue weighted by Gasteiger charge is 2.35. The fourth-order valence-electron chi connectivity index (χ4n) is 3.81. The fourth-order valence-corrected chi connectivity index (χ4v) is 5.04. The lowest BCUT2D eigenvalue weighted by atomic mass is 10.1. The Balaban J connectivity index is 0.000000934. The molecule has 38 heavy (non-hydrogen) atoms. The lowest BCUT2D eigenvalue weighted by Crippen LogP contribution is -2.52. The molecule has 1 aromatic carbocycles. The molecule has 204 valence electrons. The van der Waals surface area contributed by atoms with Gasteiger partial charge in [-0.3, -0.25) is 9.36 Å². The van der Waals surface area contributed by atoms with E-state index in [1.54, 1.807) is 6.92 Å². The number of aliphatic hydroxyl groups excluding tert-OH is 2.